The van der Waals surface area contributed by atoms with Crippen LogP contribution in [-0.4, -0.2) is 52.8 Å². The third-order valence-electron chi connectivity index (χ3n) is 5.89. The van der Waals surface area contributed by atoms with Gasteiger partial charge in [0.15, 0.2) is 6.29 Å². The van der Waals surface area contributed by atoms with E-state index in [1.165, 1.54) is 17.2 Å². The Hall–Kier alpha value is -2.81. The number of hydroxylamine groups is 1. The van der Waals surface area contributed by atoms with Crippen molar-refractivity contribution < 1.29 is 14.4 Å². The molecule has 2 aliphatic rings. The molecule has 2 fully saturated rings. The highest BCUT2D eigenvalue weighted by molar-refractivity contribution is 5.90. The van der Waals surface area contributed by atoms with Crippen LogP contribution in [0.1, 0.15) is 48.9 Å². The summed E-state index contributed by atoms with van der Waals surface area (Å²) in [6.07, 6.45) is 11.1. The van der Waals surface area contributed by atoms with E-state index in [0.29, 0.717) is 18.3 Å². The molecule has 0 aliphatic carbocycles. The van der Waals surface area contributed by atoms with Gasteiger partial charge < -0.3 is 10.1 Å². The number of nitrogens with one attached hydrogen (secondary N) is 2. The molecule has 2 aliphatic heterocycles. The zero-order chi connectivity index (χ0) is 22.9. The largest absolute Gasteiger partial charge is 0.365 e. The number of piperidine rings is 1. The number of likely N-dealkylation sites (tertiary alicyclic amines) is 1. The minimum Gasteiger partial charge on any atom is -0.365 e. The maximum Gasteiger partial charge on any atom is 0.267 e. The number of anilines is 1. The molecule has 1 aromatic carbocycles. The highest BCUT2D eigenvalue weighted by atomic mass is 16.8. The second-order valence-electron chi connectivity index (χ2n) is 8.74. The van der Waals surface area contributed by atoms with E-state index in [9.17, 15) is 4.79 Å². The first-order chi connectivity index (χ1) is 16.1. The smallest absolute Gasteiger partial charge is 0.267 e. The number of ether oxygens (including phenoxy) is 1. The van der Waals surface area contributed by atoms with Crippen LogP contribution in [0, 0.1) is 6.92 Å². The SMILES string of the molecule is Cc1ccc(CN2CCC[C@@H](Nc3cnc(/C=C/C(=O)NOC4CCCCO4)cn3)C2)cc1. The molecule has 0 saturated carbocycles. The summed E-state index contributed by atoms with van der Waals surface area (Å²) in [5.41, 5.74) is 5.64. The van der Waals surface area contributed by atoms with Gasteiger partial charge in [-0.2, -0.15) is 0 Å². The Morgan fingerprint density at radius 1 is 1.18 bits per heavy atom. The molecule has 33 heavy (non-hydrogen) atoms. The van der Waals surface area contributed by atoms with Crippen LogP contribution in [-0.2, 0) is 20.9 Å². The molecule has 1 unspecified atom stereocenters. The van der Waals surface area contributed by atoms with Gasteiger partial charge in [0.05, 0.1) is 18.1 Å². The number of aryl methyl sites for hydroxylation is 1. The first-order valence-corrected chi connectivity index (χ1v) is 11.8. The topological polar surface area (TPSA) is 88.6 Å². The average molecular weight is 452 g/mol. The summed E-state index contributed by atoms with van der Waals surface area (Å²) < 4.78 is 5.41. The molecule has 176 valence electrons. The molecular weight excluding hydrogens is 418 g/mol. The molecule has 0 spiro atoms. The number of amides is 1. The second kappa shape index (κ2) is 11.9. The number of carbonyl (C=O) groups is 1. The van der Waals surface area contributed by atoms with Crippen molar-refractivity contribution in [3.05, 3.63) is 59.6 Å². The minimum absolute atomic E-state index is 0.338. The number of rotatable bonds is 8. The summed E-state index contributed by atoms with van der Waals surface area (Å²) in [6, 6.07) is 9.09. The molecule has 4 rings (SSSR count). The highest BCUT2D eigenvalue weighted by Crippen LogP contribution is 2.17. The summed E-state index contributed by atoms with van der Waals surface area (Å²) in [7, 11) is 0. The molecule has 2 atom stereocenters. The van der Waals surface area contributed by atoms with Gasteiger partial charge in [0, 0.05) is 38.2 Å². The van der Waals surface area contributed by atoms with Crippen LogP contribution in [0.2, 0.25) is 0 Å². The van der Waals surface area contributed by atoms with Crippen LogP contribution >= 0.6 is 0 Å². The molecule has 2 saturated heterocycles. The van der Waals surface area contributed by atoms with Crippen molar-refractivity contribution >= 4 is 17.8 Å². The van der Waals surface area contributed by atoms with Gasteiger partial charge in [-0.15, -0.1) is 0 Å². The standard InChI is InChI=1S/C25H33N5O3/c1-19-7-9-20(10-8-19)17-30-13-4-5-22(18-30)28-23-16-26-21(15-27-23)11-12-24(31)29-33-25-6-2-3-14-32-25/h7-12,15-16,22,25H,2-6,13-14,17-18H2,1H3,(H,27,28)(H,29,31)/b12-11+/t22-,25?/m1/s1. The van der Waals surface area contributed by atoms with E-state index in [1.54, 1.807) is 18.5 Å². The number of benzene rings is 1. The van der Waals surface area contributed by atoms with Gasteiger partial charge in [0.25, 0.3) is 5.91 Å². The van der Waals surface area contributed by atoms with Crippen molar-refractivity contribution in [1.82, 2.24) is 20.3 Å². The lowest BCUT2D eigenvalue weighted by atomic mass is 10.0. The second-order valence-corrected chi connectivity index (χ2v) is 8.74. The molecule has 0 bridgehead atoms. The Morgan fingerprint density at radius 2 is 2.06 bits per heavy atom. The van der Waals surface area contributed by atoms with Crippen molar-refractivity contribution in [2.24, 2.45) is 0 Å². The maximum absolute atomic E-state index is 11.9. The lowest BCUT2D eigenvalue weighted by molar-refractivity contribution is -0.198. The van der Waals surface area contributed by atoms with Crippen LogP contribution < -0.4 is 10.8 Å². The van der Waals surface area contributed by atoms with Crippen molar-refractivity contribution in [2.45, 2.75) is 57.9 Å². The molecular formula is C25H33N5O3. The Labute approximate surface area is 195 Å². The Kier molecular flexibility index (Phi) is 8.41. The molecule has 0 radical (unpaired) electrons. The monoisotopic (exact) mass is 451 g/mol. The van der Waals surface area contributed by atoms with Crippen LogP contribution in [0.5, 0.6) is 0 Å². The van der Waals surface area contributed by atoms with Crippen LogP contribution in [0.25, 0.3) is 6.08 Å². The highest BCUT2D eigenvalue weighted by Gasteiger charge is 2.20. The van der Waals surface area contributed by atoms with Gasteiger partial charge in [-0.25, -0.2) is 15.3 Å². The molecule has 3 heterocycles. The van der Waals surface area contributed by atoms with Gasteiger partial charge in [0.2, 0.25) is 0 Å². The van der Waals surface area contributed by atoms with E-state index in [0.717, 1.165) is 57.6 Å². The summed E-state index contributed by atoms with van der Waals surface area (Å²) in [6.45, 7) is 5.83. The molecule has 2 aromatic rings. The lowest BCUT2D eigenvalue weighted by Crippen LogP contribution is -2.41. The predicted octanol–water partition coefficient (Wildman–Crippen LogP) is 3.45. The molecule has 2 N–H and O–H groups in total. The number of hydrogen-bond acceptors (Lipinski definition) is 7. The molecule has 8 heteroatoms. The minimum atomic E-state index is -0.367. The lowest BCUT2D eigenvalue weighted by Gasteiger charge is -2.33. The summed E-state index contributed by atoms with van der Waals surface area (Å²) in [5, 5.41) is 3.50. The number of carbonyl (C=O) groups excluding carboxylic acids is 1. The Morgan fingerprint density at radius 3 is 2.82 bits per heavy atom. The predicted molar refractivity (Wildman–Crippen MR) is 127 cm³/mol. The fraction of sp³-hybridized carbons (Fsp3) is 0.480. The van der Waals surface area contributed by atoms with Gasteiger partial charge >= 0.3 is 0 Å². The third-order valence-corrected chi connectivity index (χ3v) is 5.89. The zero-order valence-electron chi connectivity index (χ0n) is 19.2. The van der Waals surface area contributed by atoms with E-state index in [2.05, 4.69) is 56.9 Å². The summed E-state index contributed by atoms with van der Waals surface area (Å²) >= 11 is 0. The van der Waals surface area contributed by atoms with Gasteiger partial charge in [-0.1, -0.05) is 29.8 Å². The van der Waals surface area contributed by atoms with Crippen LogP contribution in [0.4, 0.5) is 5.82 Å². The van der Waals surface area contributed by atoms with E-state index in [1.807, 2.05) is 0 Å². The van der Waals surface area contributed by atoms with E-state index < -0.39 is 0 Å². The van der Waals surface area contributed by atoms with E-state index >= 15 is 0 Å². The number of hydrogen-bond donors (Lipinski definition) is 2. The van der Waals surface area contributed by atoms with Crippen LogP contribution in [0.15, 0.2) is 42.7 Å². The average Bonchev–Trinajstić information content (AvgIpc) is 2.85. The van der Waals surface area contributed by atoms with Gasteiger partial charge in [-0.3, -0.25) is 14.7 Å². The van der Waals surface area contributed by atoms with Gasteiger partial charge in [0.1, 0.15) is 5.82 Å². The fourth-order valence-corrected chi connectivity index (χ4v) is 4.10. The molecule has 8 nitrogen and oxygen atoms in total. The van der Waals surface area contributed by atoms with E-state index in [-0.39, 0.29) is 12.2 Å². The van der Waals surface area contributed by atoms with Crippen molar-refractivity contribution in [3.8, 4) is 0 Å². The molecule has 1 aromatic heterocycles. The number of aromatic nitrogens is 2. The van der Waals surface area contributed by atoms with Crippen molar-refractivity contribution in [2.75, 3.05) is 25.0 Å². The zero-order valence-corrected chi connectivity index (χ0v) is 19.2. The van der Waals surface area contributed by atoms with Gasteiger partial charge in [-0.05, 0) is 50.8 Å². The van der Waals surface area contributed by atoms with Crippen LogP contribution in [0.3, 0.4) is 0 Å². The van der Waals surface area contributed by atoms with Crippen molar-refractivity contribution in [1.29, 1.82) is 0 Å². The normalized spacial score (nSPS) is 21.7. The first kappa shape index (κ1) is 23.4. The quantitative estimate of drug-likeness (QED) is 0.469. The number of nitrogens with zero attached hydrogens (tertiary/aromatic N) is 3. The summed E-state index contributed by atoms with van der Waals surface area (Å²) in [4.78, 5) is 28.5. The molecule has 1 amide bonds. The Bertz CT molecular complexity index is 911. The van der Waals surface area contributed by atoms with E-state index in [4.69, 9.17) is 9.57 Å². The first-order valence-electron chi connectivity index (χ1n) is 11.8. The summed E-state index contributed by atoms with van der Waals surface area (Å²) in [5.74, 6) is 0.389. The fourth-order valence-electron chi connectivity index (χ4n) is 4.10. The maximum atomic E-state index is 11.9. The Balaban J connectivity index is 1.21. The third kappa shape index (κ3) is 7.63. The van der Waals surface area contributed by atoms with Crippen molar-refractivity contribution in [3.63, 3.8) is 0 Å².